The molecule has 0 saturated heterocycles. The van der Waals surface area contributed by atoms with Crippen molar-refractivity contribution in [3.63, 3.8) is 0 Å². The van der Waals surface area contributed by atoms with E-state index in [4.69, 9.17) is 11.6 Å². The first-order valence-corrected chi connectivity index (χ1v) is 4.53. The SMILES string of the molecule is O=[N+]([O-])c1cc(Cl)c2ccccc2c1O. The smallest absolute Gasteiger partial charge is 0.312 e. The molecule has 0 bridgehead atoms. The summed E-state index contributed by atoms with van der Waals surface area (Å²) < 4.78 is 0. The van der Waals surface area contributed by atoms with E-state index in [1.807, 2.05) is 0 Å². The van der Waals surface area contributed by atoms with Crippen LogP contribution in [0.4, 0.5) is 5.69 Å². The minimum absolute atomic E-state index is 0.259. The number of phenolic OH excluding ortho intramolecular Hbond substituents is 1. The number of hydrogen-bond acceptors (Lipinski definition) is 3. The molecule has 0 aromatic heterocycles. The number of hydrogen-bond donors (Lipinski definition) is 1. The summed E-state index contributed by atoms with van der Waals surface area (Å²) in [7, 11) is 0. The molecule has 15 heavy (non-hydrogen) atoms. The van der Waals surface area contributed by atoms with E-state index in [0.717, 1.165) is 6.07 Å². The van der Waals surface area contributed by atoms with Crippen molar-refractivity contribution < 1.29 is 10.0 Å². The monoisotopic (exact) mass is 223 g/mol. The minimum Gasteiger partial charge on any atom is -0.502 e. The van der Waals surface area contributed by atoms with Gasteiger partial charge in [0.1, 0.15) is 0 Å². The molecule has 0 aliphatic rings. The van der Waals surface area contributed by atoms with E-state index >= 15 is 0 Å². The van der Waals surface area contributed by atoms with E-state index in [9.17, 15) is 15.2 Å². The molecule has 0 aliphatic heterocycles. The Morgan fingerprint density at radius 1 is 1.27 bits per heavy atom. The third kappa shape index (κ3) is 1.49. The number of fused-ring (bicyclic) bond motifs is 1. The predicted molar refractivity (Wildman–Crippen MR) is 57.3 cm³/mol. The average Bonchev–Trinajstić information content (AvgIpc) is 2.23. The van der Waals surface area contributed by atoms with Crippen LogP contribution in [0, 0.1) is 10.1 Å². The number of phenols is 1. The number of benzene rings is 2. The molecule has 2 aromatic carbocycles. The van der Waals surface area contributed by atoms with Crippen molar-refractivity contribution in [3.05, 3.63) is 45.5 Å². The summed E-state index contributed by atoms with van der Waals surface area (Å²) >= 11 is 5.86. The van der Waals surface area contributed by atoms with Crippen molar-refractivity contribution in [2.75, 3.05) is 0 Å². The number of nitro groups is 1. The number of nitrogens with zero attached hydrogens (tertiary/aromatic N) is 1. The fourth-order valence-electron chi connectivity index (χ4n) is 1.44. The summed E-state index contributed by atoms with van der Waals surface area (Å²) in [6.45, 7) is 0. The van der Waals surface area contributed by atoms with Crippen LogP contribution in [0.25, 0.3) is 10.8 Å². The van der Waals surface area contributed by atoms with Crippen LogP contribution >= 0.6 is 11.6 Å². The van der Waals surface area contributed by atoms with E-state index in [0.29, 0.717) is 10.8 Å². The van der Waals surface area contributed by atoms with Gasteiger partial charge in [-0.05, 0) is 0 Å². The van der Waals surface area contributed by atoms with Crippen LogP contribution in [0.15, 0.2) is 30.3 Å². The second kappa shape index (κ2) is 3.40. The highest BCUT2D eigenvalue weighted by atomic mass is 35.5. The lowest BCUT2D eigenvalue weighted by Crippen LogP contribution is -1.89. The van der Waals surface area contributed by atoms with Gasteiger partial charge in [-0.15, -0.1) is 0 Å². The minimum atomic E-state index is -0.659. The van der Waals surface area contributed by atoms with Gasteiger partial charge in [-0.3, -0.25) is 10.1 Å². The molecule has 5 heteroatoms. The Hall–Kier alpha value is -1.81. The van der Waals surface area contributed by atoms with Crippen LogP contribution in [-0.2, 0) is 0 Å². The fraction of sp³-hybridized carbons (Fsp3) is 0. The Morgan fingerprint density at radius 3 is 2.47 bits per heavy atom. The zero-order chi connectivity index (χ0) is 11.0. The fourth-order valence-corrected chi connectivity index (χ4v) is 1.71. The maximum Gasteiger partial charge on any atom is 0.312 e. The van der Waals surface area contributed by atoms with Gasteiger partial charge in [-0.2, -0.15) is 0 Å². The first-order chi connectivity index (χ1) is 7.11. The molecule has 0 aliphatic carbocycles. The number of halogens is 1. The lowest BCUT2D eigenvalue weighted by atomic mass is 10.1. The van der Waals surface area contributed by atoms with Crippen molar-refractivity contribution in [2.45, 2.75) is 0 Å². The van der Waals surface area contributed by atoms with Gasteiger partial charge in [-0.1, -0.05) is 35.9 Å². The third-order valence-electron chi connectivity index (χ3n) is 2.14. The van der Waals surface area contributed by atoms with E-state index in [-0.39, 0.29) is 16.5 Å². The molecule has 0 radical (unpaired) electrons. The van der Waals surface area contributed by atoms with Crippen LogP contribution in [0.1, 0.15) is 0 Å². The Labute approximate surface area is 89.9 Å². The first-order valence-electron chi connectivity index (χ1n) is 4.16. The Balaban J connectivity index is 2.90. The predicted octanol–water partition coefficient (Wildman–Crippen LogP) is 3.11. The van der Waals surface area contributed by atoms with E-state index in [2.05, 4.69) is 0 Å². The molecule has 0 amide bonds. The normalized spacial score (nSPS) is 10.5. The van der Waals surface area contributed by atoms with Crippen LogP contribution in [0.2, 0.25) is 5.02 Å². The molecule has 2 rings (SSSR count). The van der Waals surface area contributed by atoms with Gasteiger partial charge in [0, 0.05) is 16.8 Å². The molecule has 0 spiro atoms. The van der Waals surface area contributed by atoms with Gasteiger partial charge in [0.15, 0.2) is 0 Å². The highest BCUT2D eigenvalue weighted by Gasteiger charge is 2.18. The molecule has 0 fully saturated rings. The van der Waals surface area contributed by atoms with Crippen molar-refractivity contribution in [3.8, 4) is 5.75 Å². The van der Waals surface area contributed by atoms with Gasteiger partial charge in [0.25, 0.3) is 0 Å². The first kappa shape index (κ1) is 9.73. The highest BCUT2D eigenvalue weighted by molar-refractivity contribution is 6.36. The number of nitro benzene ring substituents is 1. The second-order valence-electron chi connectivity index (χ2n) is 3.03. The molecule has 0 atom stereocenters. The highest BCUT2D eigenvalue weighted by Crippen LogP contribution is 2.38. The second-order valence-corrected chi connectivity index (χ2v) is 3.44. The van der Waals surface area contributed by atoms with Gasteiger partial charge < -0.3 is 5.11 Å². The lowest BCUT2D eigenvalue weighted by molar-refractivity contribution is -0.385. The molecule has 0 heterocycles. The molecule has 76 valence electrons. The Kier molecular flexibility index (Phi) is 2.21. The molecule has 2 aromatic rings. The summed E-state index contributed by atoms with van der Waals surface area (Å²) in [6.07, 6.45) is 0. The molecule has 0 unspecified atom stereocenters. The lowest BCUT2D eigenvalue weighted by Gasteiger charge is -2.03. The average molecular weight is 224 g/mol. The molecule has 4 nitrogen and oxygen atoms in total. The van der Waals surface area contributed by atoms with Crippen molar-refractivity contribution in [1.82, 2.24) is 0 Å². The van der Waals surface area contributed by atoms with Gasteiger partial charge in [0.2, 0.25) is 5.75 Å². The van der Waals surface area contributed by atoms with Crippen molar-refractivity contribution in [2.24, 2.45) is 0 Å². The molecule has 1 N–H and O–H groups in total. The van der Waals surface area contributed by atoms with Gasteiger partial charge >= 0.3 is 5.69 Å². The van der Waals surface area contributed by atoms with Gasteiger partial charge in [-0.25, -0.2) is 0 Å². The summed E-state index contributed by atoms with van der Waals surface area (Å²) in [5, 5.41) is 21.5. The summed E-state index contributed by atoms with van der Waals surface area (Å²) in [5.41, 5.74) is -0.376. The van der Waals surface area contributed by atoms with Crippen LogP contribution in [0.5, 0.6) is 5.75 Å². The topological polar surface area (TPSA) is 63.4 Å². The maximum absolute atomic E-state index is 10.6. The maximum atomic E-state index is 10.6. The van der Waals surface area contributed by atoms with Crippen LogP contribution in [0.3, 0.4) is 0 Å². The summed E-state index contributed by atoms with van der Waals surface area (Å²) in [4.78, 5) is 9.95. The summed E-state index contributed by atoms with van der Waals surface area (Å²) in [5.74, 6) is -0.347. The number of aromatic hydroxyl groups is 1. The molecular formula is C10H6ClNO3. The number of rotatable bonds is 1. The van der Waals surface area contributed by atoms with E-state index < -0.39 is 4.92 Å². The van der Waals surface area contributed by atoms with Crippen molar-refractivity contribution in [1.29, 1.82) is 0 Å². The Bertz CT molecular complexity index is 554. The van der Waals surface area contributed by atoms with Crippen molar-refractivity contribution >= 4 is 28.1 Å². The molecule has 0 saturated carbocycles. The van der Waals surface area contributed by atoms with E-state index in [1.165, 1.54) is 0 Å². The Morgan fingerprint density at radius 2 is 1.87 bits per heavy atom. The standard InChI is InChI=1S/C10H6ClNO3/c11-8-5-9(12(14)15)10(13)7-4-2-1-3-6(7)8/h1-5,13H. The zero-order valence-corrected chi connectivity index (χ0v) is 8.23. The summed E-state index contributed by atoms with van der Waals surface area (Å²) in [6, 6.07) is 7.87. The van der Waals surface area contributed by atoms with Crippen LogP contribution < -0.4 is 0 Å². The third-order valence-corrected chi connectivity index (χ3v) is 2.45. The largest absolute Gasteiger partial charge is 0.502 e. The quantitative estimate of drug-likeness (QED) is 0.597. The zero-order valence-electron chi connectivity index (χ0n) is 7.48. The van der Waals surface area contributed by atoms with Crippen LogP contribution in [-0.4, -0.2) is 10.0 Å². The molecular weight excluding hydrogens is 218 g/mol. The van der Waals surface area contributed by atoms with E-state index in [1.54, 1.807) is 24.3 Å². The van der Waals surface area contributed by atoms with Gasteiger partial charge in [0.05, 0.1) is 9.95 Å².